The quantitative estimate of drug-likeness (QED) is 0.859. The lowest BCUT2D eigenvalue weighted by atomic mass is 10.3. The van der Waals surface area contributed by atoms with Gasteiger partial charge in [0.05, 0.1) is 5.69 Å². The van der Waals surface area contributed by atoms with Crippen LogP contribution in [0.2, 0.25) is 0 Å². The molecule has 5 nitrogen and oxygen atoms in total. The molecule has 0 atom stereocenters. The van der Waals surface area contributed by atoms with Gasteiger partial charge in [0, 0.05) is 12.0 Å². The van der Waals surface area contributed by atoms with Gasteiger partial charge in [-0.3, -0.25) is 0 Å². The van der Waals surface area contributed by atoms with Crippen LogP contribution in [0.15, 0.2) is 14.7 Å². The predicted molar refractivity (Wildman–Crippen MR) is 70.7 cm³/mol. The van der Waals surface area contributed by atoms with Gasteiger partial charge in [-0.1, -0.05) is 6.92 Å². The number of anilines is 1. The van der Waals surface area contributed by atoms with Gasteiger partial charge in [0.25, 0.3) is 5.22 Å². The molecule has 2 aromatic rings. The van der Waals surface area contributed by atoms with E-state index in [-0.39, 0.29) is 0 Å². The Hall–Kier alpha value is -1.56. The number of aryl methyl sites for hydroxylation is 3. The first kappa shape index (κ1) is 12.9. The first-order valence-electron chi connectivity index (χ1n) is 5.76. The van der Waals surface area contributed by atoms with Crippen LogP contribution in [-0.2, 0) is 6.42 Å². The van der Waals surface area contributed by atoms with Crippen molar-refractivity contribution >= 4 is 17.6 Å². The van der Waals surface area contributed by atoms with Gasteiger partial charge in [-0.25, -0.2) is 15.0 Å². The van der Waals surface area contributed by atoms with Crippen LogP contribution in [0, 0.1) is 20.8 Å². The second-order valence-corrected chi connectivity index (χ2v) is 4.97. The Morgan fingerprint density at radius 1 is 1.17 bits per heavy atom. The van der Waals surface area contributed by atoms with Gasteiger partial charge < -0.3 is 10.2 Å². The predicted octanol–water partition coefficient (Wildman–Crippen LogP) is 2.69. The minimum atomic E-state index is 0.518. The van der Waals surface area contributed by atoms with Gasteiger partial charge in [-0.05, 0) is 32.5 Å². The van der Waals surface area contributed by atoms with Gasteiger partial charge in [-0.2, -0.15) is 0 Å². The van der Waals surface area contributed by atoms with Crippen LogP contribution < -0.4 is 5.73 Å². The van der Waals surface area contributed by atoms with Crippen molar-refractivity contribution in [3.05, 3.63) is 22.8 Å². The van der Waals surface area contributed by atoms with Gasteiger partial charge >= 0.3 is 0 Å². The summed E-state index contributed by atoms with van der Waals surface area (Å²) in [5.41, 5.74) is 7.63. The van der Waals surface area contributed by atoms with E-state index in [1.54, 1.807) is 0 Å². The normalized spacial score (nSPS) is 10.9. The molecule has 0 aromatic carbocycles. The highest BCUT2D eigenvalue weighted by Crippen LogP contribution is 2.30. The van der Waals surface area contributed by atoms with E-state index in [9.17, 15) is 0 Å². The van der Waals surface area contributed by atoms with E-state index in [1.807, 2.05) is 27.7 Å². The van der Waals surface area contributed by atoms with Crippen molar-refractivity contribution in [2.24, 2.45) is 0 Å². The van der Waals surface area contributed by atoms with Gasteiger partial charge in [-0.15, -0.1) is 0 Å². The summed E-state index contributed by atoms with van der Waals surface area (Å²) in [5.74, 6) is 2.08. The molecule has 0 amide bonds. The zero-order valence-electron chi connectivity index (χ0n) is 10.9. The maximum absolute atomic E-state index is 5.87. The average Bonchev–Trinajstić information content (AvgIpc) is 2.64. The highest BCUT2D eigenvalue weighted by Gasteiger charge is 2.13. The molecular formula is C12H16N4OS. The van der Waals surface area contributed by atoms with Crippen LogP contribution >= 0.6 is 11.8 Å². The fraction of sp³-hybridized carbons (Fsp3) is 0.417. The number of rotatable bonds is 3. The Morgan fingerprint density at radius 2 is 1.89 bits per heavy atom. The zero-order valence-corrected chi connectivity index (χ0v) is 11.8. The lowest BCUT2D eigenvalue weighted by Crippen LogP contribution is -2.03. The van der Waals surface area contributed by atoms with Gasteiger partial charge in [0.2, 0.25) is 0 Å². The summed E-state index contributed by atoms with van der Waals surface area (Å²) >= 11 is 1.38. The number of hydrogen-bond donors (Lipinski definition) is 1. The molecule has 2 rings (SSSR count). The third kappa shape index (κ3) is 2.48. The summed E-state index contributed by atoms with van der Waals surface area (Å²) in [4.78, 5) is 13.0. The second kappa shape index (κ2) is 4.97. The molecule has 0 fully saturated rings. The molecule has 6 heteroatoms. The largest absolute Gasteiger partial charge is 0.436 e. The number of nitrogens with two attached hydrogens (primary N) is 1. The molecule has 0 saturated heterocycles. The van der Waals surface area contributed by atoms with Gasteiger partial charge in [0.15, 0.2) is 0 Å². The Balaban J connectivity index is 2.36. The van der Waals surface area contributed by atoms with Crippen molar-refractivity contribution in [3.8, 4) is 0 Å². The molecular weight excluding hydrogens is 248 g/mol. The smallest absolute Gasteiger partial charge is 0.262 e. The second-order valence-electron chi connectivity index (χ2n) is 4.03. The number of hydrogen-bond acceptors (Lipinski definition) is 6. The minimum absolute atomic E-state index is 0.518. The minimum Gasteiger partial charge on any atom is -0.436 e. The monoisotopic (exact) mass is 264 g/mol. The molecule has 0 aliphatic rings. The number of nitrogens with zero attached hydrogens (tertiary/aromatic N) is 3. The maximum atomic E-state index is 5.87. The lowest BCUT2D eigenvalue weighted by Gasteiger charge is -2.06. The van der Waals surface area contributed by atoms with E-state index < -0.39 is 0 Å². The van der Waals surface area contributed by atoms with Crippen molar-refractivity contribution in [3.63, 3.8) is 0 Å². The van der Waals surface area contributed by atoms with E-state index >= 15 is 0 Å². The van der Waals surface area contributed by atoms with Crippen LogP contribution in [0.25, 0.3) is 0 Å². The molecule has 0 saturated carbocycles. The third-order valence-corrected chi connectivity index (χ3v) is 3.63. The molecule has 0 aliphatic carbocycles. The Bertz CT molecular complexity index is 560. The van der Waals surface area contributed by atoms with Crippen LogP contribution in [0.1, 0.15) is 29.8 Å². The summed E-state index contributed by atoms with van der Waals surface area (Å²) < 4.78 is 5.54. The van der Waals surface area contributed by atoms with E-state index in [2.05, 4.69) is 15.0 Å². The van der Waals surface area contributed by atoms with Crippen molar-refractivity contribution in [1.29, 1.82) is 0 Å². The third-order valence-electron chi connectivity index (χ3n) is 2.69. The topological polar surface area (TPSA) is 77.8 Å². The molecule has 2 aromatic heterocycles. The summed E-state index contributed by atoms with van der Waals surface area (Å²) in [7, 11) is 0. The van der Waals surface area contributed by atoms with Crippen LogP contribution in [0.4, 0.5) is 5.82 Å². The highest BCUT2D eigenvalue weighted by atomic mass is 32.2. The molecule has 18 heavy (non-hydrogen) atoms. The maximum Gasteiger partial charge on any atom is 0.262 e. The molecule has 0 spiro atoms. The molecule has 0 unspecified atom stereocenters. The SMILES string of the molecule is CCc1nc(N)c(C)c(Sc2nc(C)c(C)o2)n1. The van der Waals surface area contributed by atoms with Crippen molar-refractivity contribution in [2.45, 2.75) is 44.4 Å². The molecule has 96 valence electrons. The summed E-state index contributed by atoms with van der Waals surface area (Å²) in [6.07, 6.45) is 0.752. The van der Waals surface area contributed by atoms with Crippen molar-refractivity contribution < 1.29 is 4.42 Å². The Kier molecular flexibility index (Phi) is 3.56. The van der Waals surface area contributed by atoms with E-state index in [0.717, 1.165) is 34.3 Å². The van der Waals surface area contributed by atoms with Crippen LogP contribution in [0.5, 0.6) is 0 Å². The molecule has 0 radical (unpaired) electrons. The van der Waals surface area contributed by atoms with Crippen molar-refractivity contribution in [1.82, 2.24) is 15.0 Å². The van der Waals surface area contributed by atoms with Crippen LogP contribution in [0.3, 0.4) is 0 Å². The van der Waals surface area contributed by atoms with E-state index in [1.165, 1.54) is 11.8 Å². The number of nitrogen functional groups attached to an aromatic ring is 1. The van der Waals surface area contributed by atoms with Crippen LogP contribution in [-0.4, -0.2) is 15.0 Å². The van der Waals surface area contributed by atoms with Crippen molar-refractivity contribution in [2.75, 3.05) is 5.73 Å². The summed E-state index contributed by atoms with van der Waals surface area (Å²) in [6, 6.07) is 0. The van der Waals surface area contributed by atoms with E-state index in [0.29, 0.717) is 11.0 Å². The fourth-order valence-corrected chi connectivity index (χ4v) is 2.31. The number of oxazole rings is 1. The van der Waals surface area contributed by atoms with Gasteiger partial charge in [0.1, 0.15) is 22.4 Å². The molecule has 0 aliphatic heterocycles. The number of aromatic nitrogens is 3. The molecule has 2 heterocycles. The Labute approximate surface area is 110 Å². The average molecular weight is 264 g/mol. The summed E-state index contributed by atoms with van der Waals surface area (Å²) in [6.45, 7) is 7.71. The standard InChI is InChI=1S/C12H16N4OS/c1-5-9-15-10(13)6(2)11(16-9)18-12-14-7(3)8(4)17-12/h5H2,1-4H3,(H2,13,15,16). The lowest BCUT2D eigenvalue weighted by molar-refractivity contribution is 0.431. The van der Waals surface area contributed by atoms with E-state index in [4.69, 9.17) is 10.2 Å². The summed E-state index contributed by atoms with van der Waals surface area (Å²) in [5, 5.41) is 1.40. The molecule has 2 N–H and O–H groups in total. The zero-order chi connectivity index (χ0) is 13.3. The Morgan fingerprint density at radius 3 is 2.44 bits per heavy atom. The first-order chi connectivity index (χ1) is 8.51. The fourth-order valence-electron chi connectivity index (χ4n) is 1.39. The first-order valence-corrected chi connectivity index (χ1v) is 6.57. The highest BCUT2D eigenvalue weighted by molar-refractivity contribution is 7.99. The molecule has 0 bridgehead atoms.